The van der Waals surface area contributed by atoms with E-state index in [9.17, 15) is 37.5 Å². The molecule has 3 heterocycles. The van der Waals surface area contributed by atoms with Crippen molar-refractivity contribution >= 4 is 44.7 Å². The SMILES string of the molecule is CC(C)n1c(=O)c(C(=O)NC2C[C@H]3CC[C@@H](C2)N3CC(O)CN(C)S(C)(=O)=O)cc2ccccc21.O=C(O)CC(O)(CC(=O)O)C(=O)O. The van der Waals surface area contributed by atoms with Gasteiger partial charge in [-0.25, -0.2) is 17.5 Å². The molecular weight excluding hydrogens is 652 g/mol. The number of pyridine rings is 1. The predicted molar refractivity (Wildman–Crippen MR) is 173 cm³/mol. The number of aliphatic hydroxyl groups is 2. The summed E-state index contributed by atoms with van der Waals surface area (Å²) in [6.45, 7) is 4.33. The number of likely N-dealkylation sites (N-methyl/N-ethyl adjacent to an activating group) is 1. The van der Waals surface area contributed by atoms with Gasteiger partial charge in [0.15, 0.2) is 5.60 Å². The number of sulfonamides is 1. The Bertz CT molecular complexity index is 1660. The van der Waals surface area contributed by atoms with Crippen molar-refractivity contribution in [1.82, 2.24) is 19.1 Å². The van der Waals surface area contributed by atoms with E-state index in [0.29, 0.717) is 6.54 Å². The smallest absolute Gasteiger partial charge is 0.336 e. The maximum absolute atomic E-state index is 13.2. The molecular formula is C31H44N4O12S. The molecule has 2 saturated heterocycles. The van der Waals surface area contributed by atoms with Gasteiger partial charge in [0.25, 0.3) is 11.5 Å². The van der Waals surface area contributed by atoms with Crippen molar-refractivity contribution in [2.45, 2.75) is 88.2 Å². The van der Waals surface area contributed by atoms with Crippen LogP contribution in [0.4, 0.5) is 0 Å². The quantitative estimate of drug-likeness (QED) is 0.165. The average molecular weight is 697 g/mol. The van der Waals surface area contributed by atoms with Gasteiger partial charge >= 0.3 is 17.9 Å². The molecule has 2 aliphatic heterocycles. The first-order valence-electron chi connectivity index (χ1n) is 15.4. The van der Waals surface area contributed by atoms with Gasteiger partial charge in [0, 0.05) is 44.3 Å². The van der Waals surface area contributed by atoms with Gasteiger partial charge in [-0.2, -0.15) is 0 Å². The highest BCUT2D eigenvalue weighted by Crippen LogP contribution is 2.36. The molecule has 6 N–H and O–H groups in total. The number of carbonyl (C=O) groups is 4. The number of fused-ring (bicyclic) bond motifs is 3. The summed E-state index contributed by atoms with van der Waals surface area (Å²) < 4.78 is 26.1. The van der Waals surface area contributed by atoms with Crippen LogP contribution in [0, 0.1) is 0 Å². The van der Waals surface area contributed by atoms with Gasteiger partial charge < -0.3 is 35.4 Å². The minimum Gasteiger partial charge on any atom is -0.481 e. The molecule has 266 valence electrons. The number of carbonyl (C=O) groups excluding carboxylic acids is 1. The van der Waals surface area contributed by atoms with E-state index in [-0.39, 0.29) is 47.7 Å². The third kappa shape index (κ3) is 9.59. The Morgan fingerprint density at radius 1 is 1.02 bits per heavy atom. The molecule has 1 aromatic carbocycles. The average Bonchev–Trinajstić information content (AvgIpc) is 3.17. The van der Waals surface area contributed by atoms with Crippen molar-refractivity contribution in [2.24, 2.45) is 0 Å². The summed E-state index contributed by atoms with van der Waals surface area (Å²) in [5.41, 5.74) is -2.05. The molecule has 16 nitrogen and oxygen atoms in total. The van der Waals surface area contributed by atoms with Crippen molar-refractivity contribution < 1.29 is 53.1 Å². The Morgan fingerprint density at radius 3 is 2.04 bits per heavy atom. The largest absolute Gasteiger partial charge is 0.481 e. The Labute approximate surface area is 277 Å². The van der Waals surface area contributed by atoms with Crippen LogP contribution in [-0.2, 0) is 24.4 Å². The first-order chi connectivity index (χ1) is 22.2. The molecule has 48 heavy (non-hydrogen) atoms. The molecule has 2 unspecified atom stereocenters. The number of aliphatic carboxylic acids is 3. The topological polar surface area (TPSA) is 244 Å². The van der Waals surface area contributed by atoms with Crippen LogP contribution in [-0.4, -0.2) is 128 Å². The molecule has 0 radical (unpaired) electrons. The minimum absolute atomic E-state index is 0.0505. The molecule has 0 aliphatic carbocycles. The second kappa shape index (κ2) is 15.5. The number of aliphatic hydroxyl groups excluding tert-OH is 1. The van der Waals surface area contributed by atoms with Crippen LogP contribution in [0.25, 0.3) is 10.9 Å². The maximum Gasteiger partial charge on any atom is 0.336 e. The number of benzene rings is 1. The van der Waals surface area contributed by atoms with Crippen molar-refractivity contribution in [3.63, 3.8) is 0 Å². The summed E-state index contributed by atoms with van der Waals surface area (Å²) in [4.78, 5) is 59.2. The zero-order valence-electron chi connectivity index (χ0n) is 27.3. The van der Waals surface area contributed by atoms with Crippen LogP contribution in [0.1, 0.15) is 68.8 Å². The number of amides is 1. The number of carboxylic acids is 3. The predicted octanol–water partition coefficient (Wildman–Crippen LogP) is 0.311. The molecule has 2 fully saturated rings. The number of piperidine rings is 1. The fraction of sp³-hybridized carbons (Fsp3) is 0.581. The second-order valence-electron chi connectivity index (χ2n) is 12.8. The van der Waals surface area contributed by atoms with E-state index in [1.54, 1.807) is 10.6 Å². The lowest BCUT2D eigenvalue weighted by Gasteiger charge is -2.40. The number of hydrogen-bond donors (Lipinski definition) is 6. The Kier molecular flexibility index (Phi) is 12.5. The summed E-state index contributed by atoms with van der Waals surface area (Å²) in [6.07, 6.45) is 1.48. The summed E-state index contributed by atoms with van der Waals surface area (Å²) in [5, 5.41) is 48.3. The Morgan fingerprint density at radius 2 is 1.56 bits per heavy atom. The summed E-state index contributed by atoms with van der Waals surface area (Å²) in [5.74, 6) is -5.36. The molecule has 1 aromatic heterocycles. The van der Waals surface area contributed by atoms with Crippen LogP contribution in [0.15, 0.2) is 35.1 Å². The highest BCUT2D eigenvalue weighted by atomic mass is 32.2. The lowest BCUT2D eigenvalue weighted by Crippen LogP contribution is -2.53. The number of carboxylic acid groups (broad SMARTS) is 3. The van der Waals surface area contributed by atoms with Crippen molar-refractivity contribution in [1.29, 1.82) is 0 Å². The molecule has 2 aliphatic rings. The van der Waals surface area contributed by atoms with Crippen LogP contribution >= 0.6 is 0 Å². The van der Waals surface area contributed by atoms with Crippen LogP contribution in [0.2, 0.25) is 0 Å². The van der Waals surface area contributed by atoms with Crippen LogP contribution in [0.5, 0.6) is 0 Å². The van der Waals surface area contributed by atoms with Gasteiger partial charge in [-0.05, 0) is 57.0 Å². The third-order valence-corrected chi connectivity index (χ3v) is 9.95. The minimum atomic E-state index is -3.34. The highest BCUT2D eigenvalue weighted by molar-refractivity contribution is 7.88. The van der Waals surface area contributed by atoms with E-state index in [4.69, 9.17) is 20.4 Å². The fourth-order valence-corrected chi connectivity index (χ4v) is 6.80. The van der Waals surface area contributed by atoms with Gasteiger partial charge in [-0.3, -0.25) is 24.1 Å². The van der Waals surface area contributed by atoms with E-state index in [1.165, 1.54) is 11.4 Å². The van der Waals surface area contributed by atoms with Gasteiger partial charge in [0.2, 0.25) is 10.0 Å². The fourth-order valence-electron chi connectivity index (χ4n) is 6.36. The number of nitrogens with one attached hydrogen (secondary N) is 1. The first kappa shape index (κ1) is 38.5. The molecule has 1 amide bonds. The van der Waals surface area contributed by atoms with Crippen LogP contribution in [0.3, 0.4) is 0 Å². The van der Waals surface area contributed by atoms with E-state index in [2.05, 4.69) is 10.2 Å². The standard InChI is InChI=1S/C25H36N4O5S.C6H8O7/c1-16(2)29-23-8-6-5-7-17(23)11-22(25(29)32)24(31)26-18-12-19-9-10-20(13-18)28(19)15-21(30)14-27(3)35(4,33)34;7-3(8)1-6(13,5(11)12)2-4(9)10/h5-8,11,16,18-21,30H,9-10,12-15H2,1-4H3,(H,26,31);13H,1-2H2,(H,7,8)(H,9,10)(H,11,12)/t18?,19-,20+,21?;. The van der Waals surface area contributed by atoms with Gasteiger partial charge in [-0.15, -0.1) is 0 Å². The van der Waals surface area contributed by atoms with E-state index >= 15 is 0 Å². The maximum atomic E-state index is 13.2. The van der Waals surface area contributed by atoms with Gasteiger partial charge in [0.1, 0.15) is 5.56 Å². The lowest BCUT2D eigenvalue weighted by atomic mass is 9.96. The summed E-state index contributed by atoms with van der Waals surface area (Å²) >= 11 is 0. The van der Waals surface area contributed by atoms with Crippen molar-refractivity contribution in [3.05, 3.63) is 46.2 Å². The molecule has 2 bridgehead atoms. The molecule has 4 rings (SSSR count). The van der Waals surface area contributed by atoms with Crippen molar-refractivity contribution in [3.8, 4) is 0 Å². The number of rotatable bonds is 13. The molecule has 17 heteroatoms. The van der Waals surface area contributed by atoms with Crippen molar-refractivity contribution in [2.75, 3.05) is 26.4 Å². The van der Waals surface area contributed by atoms with Gasteiger partial charge in [-0.1, -0.05) is 18.2 Å². The monoisotopic (exact) mass is 696 g/mol. The normalized spacial score (nSPS) is 20.3. The van der Waals surface area contributed by atoms with Crippen LogP contribution < -0.4 is 10.9 Å². The van der Waals surface area contributed by atoms with E-state index < -0.39 is 52.5 Å². The van der Waals surface area contributed by atoms with Gasteiger partial charge in [0.05, 0.1) is 30.7 Å². The summed E-state index contributed by atoms with van der Waals surface area (Å²) in [6, 6.07) is 9.57. The second-order valence-corrected chi connectivity index (χ2v) is 14.9. The Hall–Kier alpha value is -3.90. The Balaban J connectivity index is 0.000000408. The number of nitrogens with zero attached hydrogens (tertiary/aromatic N) is 3. The number of para-hydroxylation sites is 1. The zero-order chi connectivity index (χ0) is 36.1. The summed E-state index contributed by atoms with van der Waals surface area (Å²) in [7, 11) is -1.88. The first-order valence-corrected chi connectivity index (χ1v) is 17.3. The zero-order valence-corrected chi connectivity index (χ0v) is 28.1. The number of hydrogen-bond acceptors (Lipinski definition) is 10. The number of aromatic nitrogens is 1. The third-order valence-electron chi connectivity index (χ3n) is 8.67. The lowest BCUT2D eigenvalue weighted by molar-refractivity contribution is -0.170. The molecule has 0 spiro atoms. The van der Waals surface area contributed by atoms with E-state index in [0.717, 1.165) is 42.8 Å². The molecule has 0 saturated carbocycles. The van der Waals surface area contributed by atoms with E-state index in [1.807, 2.05) is 38.1 Å². The molecule has 4 atom stereocenters. The highest BCUT2D eigenvalue weighted by Gasteiger charge is 2.42. The molecule has 2 aromatic rings.